The van der Waals surface area contributed by atoms with Gasteiger partial charge in [-0.15, -0.1) is 90.7 Å². The van der Waals surface area contributed by atoms with Gasteiger partial charge >= 0.3 is 0 Å². The van der Waals surface area contributed by atoms with Crippen molar-refractivity contribution >= 4 is 146 Å². The minimum absolute atomic E-state index is 0.0450. The third-order valence-electron chi connectivity index (χ3n) is 29.3. The Morgan fingerprint density at radius 3 is 0.892 bits per heavy atom. The molecule has 8 heterocycles. The van der Waals surface area contributed by atoms with E-state index in [-0.39, 0.29) is 23.0 Å². The smallest absolute Gasteiger partial charge is 0.270 e. The second kappa shape index (κ2) is 58.1. The number of hydrogen-bond donors (Lipinski definition) is 0. The maximum Gasteiger partial charge on any atom is 0.270 e. The number of nitriles is 2. The van der Waals surface area contributed by atoms with Crippen LogP contribution in [0.1, 0.15) is 444 Å². The fourth-order valence-corrected chi connectivity index (χ4v) is 31.5. The SMILES string of the molecule is [C-]#[N+]/C(C#N)=C1\C(=Cc2cc(CCCCCCCCCCCC)c(-c3cc(CCCCCCCCCCCC)c(-c4cc5c(-c6ccc(CC(CC)CCCC)s6)c6sc(-c7sc(-c8sc(C=C9C(=O)c%10ccccc%10/C9=C(/C#N)[N+]#[C-])cc8CCCCCCCCCCCC)cc7CCCCCCCCCCCCC)cc6c(-c6ccc(CC(CC)CCCC)s6)c5s4)s3)s2)C(=O)c2ccccc21. The molecule has 0 aliphatic heterocycles. The summed E-state index contributed by atoms with van der Waals surface area (Å²) in [6.07, 6.45) is 72.0. The molecule has 6 nitrogen and oxygen atoms in total. The molecular formula is C125H156N4O2S8. The van der Waals surface area contributed by atoms with Gasteiger partial charge in [-0.2, -0.15) is 0 Å². The molecule has 139 heavy (non-hydrogen) atoms. The first-order chi connectivity index (χ1) is 68.3. The number of carbonyl (C=O) groups excluding carboxylic acids is 2. The first-order valence-electron chi connectivity index (χ1n) is 54.8. The molecule has 3 aromatic carbocycles. The normalized spacial score (nSPS) is 14.3. The molecule has 736 valence electrons. The van der Waals surface area contributed by atoms with E-state index in [1.54, 1.807) is 22.7 Å². The number of benzene rings is 3. The van der Waals surface area contributed by atoms with Crippen molar-refractivity contribution in [2.75, 3.05) is 0 Å². The van der Waals surface area contributed by atoms with Crippen LogP contribution in [0.5, 0.6) is 0 Å². The van der Waals surface area contributed by atoms with E-state index in [4.69, 9.17) is 13.1 Å². The van der Waals surface area contributed by atoms with Crippen LogP contribution < -0.4 is 0 Å². The Kier molecular flexibility index (Phi) is 45.3. The number of ketones is 2. The number of unbranched alkanes of at least 4 members (excludes halogenated alkanes) is 39. The largest absolute Gasteiger partial charge is 0.289 e. The zero-order valence-electron chi connectivity index (χ0n) is 85.5. The van der Waals surface area contributed by atoms with Crippen molar-refractivity contribution in [3.8, 4) is 72.0 Å². The number of Topliss-reactive ketones (excluding diaryl/α,β-unsaturated/α-hetero) is 2. The maximum atomic E-state index is 14.8. The van der Waals surface area contributed by atoms with Gasteiger partial charge in [0.2, 0.25) is 0 Å². The van der Waals surface area contributed by atoms with Crippen LogP contribution in [-0.2, 0) is 38.5 Å². The Labute approximate surface area is 869 Å². The highest BCUT2D eigenvalue weighted by molar-refractivity contribution is 7.31. The molecule has 11 aromatic rings. The lowest BCUT2D eigenvalue weighted by Crippen LogP contribution is -2.01. The zero-order valence-corrected chi connectivity index (χ0v) is 92.0. The van der Waals surface area contributed by atoms with Gasteiger partial charge < -0.3 is 0 Å². The molecule has 0 spiro atoms. The summed E-state index contributed by atoms with van der Waals surface area (Å²) in [6.45, 7) is 35.2. The molecule has 0 saturated carbocycles. The Hall–Kier alpha value is -7.96. The minimum atomic E-state index is -0.129. The van der Waals surface area contributed by atoms with Gasteiger partial charge in [0.25, 0.3) is 11.4 Å². The summed E-state index contributed by atoms with van der Waals surface area (Å²) < 4.78 is 2.74. The van der Waals surface area contributed by atoms with E-state index in [9.17, 15) is 20.1 Å². The van der Waals surface area contributed by atoms with Gasteiger partial charge in [-0.3, -0.25) is 9.59 Å². The molecule has 0 radical (unpaired) electrons. The Balaban J connectivity index is 0.997. The van der Waals surface area contributed by atoms with Crippen LogP contribution in [0.2, 0.25) is 0 Å². The van der Waals surface area contributed by atoms with Crippen molar-refractivity contribution in [1.82, 2.24) is 0 Å². The van der Waals surface area contributed by atoms with Crippen molar-refractivity contribution in [1.29, 1.82) is 10.5 Å². The number of nitrogens with zero attached hydrogens (tertiary/aromatic N) is 4. The van der Waals surface area contributed by atoms with Gasteiger partial charge in [-0.1, -0.05) is 393 Å². The van der Waals surface area contributed by atoms with Gasteiger partial charge in [0, 0.05) is 133 Å². The van der Waals surface area contributed by atoms with Crippen molar-refractivity contribution in [2.45, 2.75) is 409 Å². The minimum Gasteiger partial charge on any atom is -0.289 e. The highest BCUT2D eigenvalue weighted by atomic mass is 32.1. The van der Waals surface area contributed by atoms with Crippen molar-refractivity contribution in [2.24, 2.45) is 11.8 Å². The third-order valence-corrected chi connectivity index (χ3v) is 39.2. The van der Waals surface area contributed by atoms with Crippen molar-refractivity contribution < 1.29 is 9.59 Å². The molecule has 13 rings (SSSR count). The van der Waals surface area contributed by atoms with Crippen LogP contribution in [-0.4, -0.2) is 11.6 Å². The van der Waals surface area contributed by atoms with Crippen LogP contribution >= 0.6 is 90.7 Å². The van der Waals surface area contributed by atoms with E-state index >= 15 is 0 Å². The maximum absolute atomic E-state index is 14.8. The first kappa shape index (κ1) is 108. The highest BCUT2D eigenvalue weighted by Crippen LogP contribution is 2.58. The van der Waals surface area contributed by atoms with Crippen molar-refractivity contribution in [3.63, 3.8) is 0 Å². The van der Waals surface area contributed by atoms with Crippen LogP contribution in [0, 0.1) is 47.6 Å². The Bertz CT molecular complexity index is 5680. The molecule has 2 aliphatic carbocycles. The molecule has 0 amide bonds. The average Bonchev–Trinajstić information content (AvgIpc) is 1.55. The lowest BCUT2D eigenvalue weighted by molar-refractivity contribution is 0.103. The van der Waals surface area contributed by atoms with Crippen LogP contribution in [0.3, 0.4) is 0 Å². The lowest BCUT2D eigenvalue weighted by atomic mass is 9.95. The summed E-state index contributed by atoms with van der Waals surface area (Å²) >= 11 is 15.7. The molecule has 8 aromatic heterocycles. The lowest BCUT2D eigenvalue weighted by Gasteiger charge is -2.13. The van der Waals surface area contributed by atoms with Gasteiger partial charge in [-0.25, -0.2) is 20.2 Å². The van der Waals surface area contributed by atoms with Crippen LogP contribution in [0.25, 0.3) is 113 Å². The summed E-state index contributed by atoms with van der Waals surface area (Å²) in [4.78, 5) is 55.3. The fourth-order valence-electron chi connectivity index (χ4n) is 21.2. The van der Waals surface area contributed by atoms with E-state index in [1.165, 1.54) is 401 Å². The van der Waals surface area contributed by atoms with E-state index in [2.05, 4.69) is 138 Å². The molecule has 2 unspecified atom stereocenters. The summed E-state index contributed by atoms with van der Waals surface area (Å²) in [5, 5.41) is 23.8. The number of allylic oxidation sites excluding steroid dienone is 6. The standard InChI is InChI=1S/C125H156N4O2S8/c1-11-19-25-29-33-37-41-45-49-53-57-67-93-81-111(121-91(65-55-51-47-43-39-35-31-27-21-13-3)79-97(135-121)83-103-115(107(87-127)129-10)99-69-59-61-71-101(99)119(103)131)137-123(93)113-85-105-117(109-75-73-95(133-109)77-89(18-8)63-24-16-6)124-104(116(125(105)139-113)108-74-72-94(132-108)76-88(17-7)62-23-15-5)84-112(138-124)122-92(66-56-52-48-44-40-36-32-28-22-14-4)80-110(136-122)120-90(64-54-50-46-42-38-34-30-26-20-12-2)78-96(134-120)82-102-114(106(86-126)128-9)98-68-58-60-70-100(98)118(102)130/h58-61,68-75,78-85,88-89H,11-57,62-67,76-77H2,1-8H3/b102-82?,103-83?,114-106-,115-107+. The summed E-state index contributed by atoms with van der Waals surface area (Å²) in [6, 6.07) is 44.8. The summed E-state index contributed by atoms with van der Waals surface area (Å²) in [5.41, 5.74) is 12.4. The summed E-state index contributed by atoms with van der Waals surface area (Å²) in [5.74, 6) is 0.991. The monoisotopic (exact) mass is 2000 g/mol. The number of carbonyl (C=O) groups is 2. The molecule has 14 heteroatoms. The van der Waals surface area contributed by atoms with Gasteiger partial charge in [0.15, 0.2) is 11.6 Å². The van der Waals surface area contributed by atoms with E-state index in [1.807, 2.05) is 129 Å². The molecule has 2 atom stereocenters. The Morgan fingerprint density at radius 2 is 0.597 bits per heavy atom. The first-order valence-corrected chi connectivity index (χ1v) is 61.4. The molecule has 0 saturated heterocycles. The van der Waals surface area contributed by atoms with Crippen LogP contribution in [0.15, 0.2) is 132 Å². The average molecular weight is 2000 g/mol. The zero-order chi connectivity index (χ0) is 97.5. The number of thiophene rings is 8. The highest BCUT2D eigenvalue weighted by Gasteiger charge is 2.36. The molecule has 0 fully saturated rings. The Morgan fingerprint density at radius 1 is 0.317 bits per heavy atom. The number of fused-ring (bicyclic) bond motifs is 4. The van der Waals surface area contributed by atoms with E-state index in [0.29, 0.717) is 56.4 Å². The van der Waals surface area contributed by atoms with Gasteiger partial charge in [0.1, 0.15) is 0 Å². The predicted molar refractivity (Wildman–Crippen MR) is 614 cm³/mol. The number of hydrogen-bond acceptors (Lipinski definition) is 12. The topological polar surface area (TPSA) is 90.4 Å². The van der Waals surface area contributed by atoms with Crippen molar-refractivity contribution in [3.05, 3.63) is 219 Å². The fraction of sp³-hybridized carbons (Fsp3) is 0.520. The molecule has 0 bridgehead atoms. The molecular weight excluding hydrogens is 1850 g/mol. The second-order valence-corrected chi connectivity index (χ2v) is 48.7. The second-order valence-electron chi connectivity index (χ2n) is 40.0. The predicted octanol–water partition coefficient (Wildman–Crippen LogP) is 43.1. The molecule has 2 aliphatic rings. The van der Waals surface area contributed by atoms with Gasteiger partial charge in [-0.05, 0) is 182 Å². The quantitative estimate of drug-likeness (QED) is 0.0164. The van der Waals surface area contributed by atoms with Gasteiger partial charge in [0.05, 0.1) is 25.3 Å². The summed E-state index contributed by atoms with van der Waals surface area (Å²) in [7, 11) is 0. The number of aryl methyl sites for hydroxylation is 4. The van der Waals surface area contributed by atoms with E-state index in [0.717, 1.165) is 74.0 Å². The molecule has 0 N–H and O–H groups in total. The van der Waals surface area contributed by atoms with Crippen LogP contribution in [0.4, 0.5) is 0 Å². The third kappa shape index (κ3) is 29.5. The van der Waals surface area contributed by atoms with E-state index < -0.39 is 0 Å². The number of rotatable bonds is 65.